The molecule has 0 bridgehead atoms. The van der Waals surface area contributed by atoms with Crippen LogP contribution < -0.4 is 4.90 Å². The van der Waals surface area contributed by atoms with Crippen molar-refractivity contribution in [2.75, 3.05) is 4.90 Å². The predicted molar refractivity (Wildman–Crippen MR) is 160 cm³/mol. The van der Waals surface area contributed by atoms with E-state index < -0.39 is 29.7 Å². The second kappa shape index (κ2) is 10.9. The number of fused-ring (bicyclic) bond motifs is 2. The zero-order valence-electron chi connectivity index (χ0n) is 22.0. The number of ketones is 1. The number of hydrogen-bond acceptors (Lipinski definition) is 6. The van der Waals surface area contributed by atoms with Crippen LogP contribution >= 0.6 is 23.2 Å². The largest absolute Gasteiger partial charge is 0.451 e. The molecule has 0 saturated carbocycles. The van der Waals surface area contributed by atoms with E-state index in [2.05, 4.69) is 0 Å². The monoisotopic (exact) mass is 594 g/mol. The first-order valence-electron chi connectivity index (χ1n) is 12.9. The average Bonchev–Trinajstić information content (AvgIpc) is 3.25. The van der Waals surface area contributed by atoms with Gasteiger partial charge in [0.05, 0.1) is 33.6 Å². The highest BCUT2D eigenvalue weighted by molar-refractivity contribution is 6.34. The first-order valence-corrected chi connectivity index (χ1v) is 13.7. The van der Waals surface area contributed by atoms with E-state index in [-0.39, 0.29) is 5.56 Å². The van der Waals surface area contributed by atoms with Crippen molar-refractivity contribution in [1.82, 2.24) is 4.98 Å². The Bertz CT molecular complexity index is 1900. The minimum absolute atomic E-state index is 0.174. The number of carbonyl (C=O) groups is 4. The number of amides is 2. The van der Waals surface area contributed by atoms with Crippen LogP contribution in [0.5, 0.6) is 0 Å². The van der Waals surface area contributed by atoms with Gasteiger partial charge in [0, 0.05) is 26.6 Å². The Labute approximate surface area is 250 Å². The molecule has 1 aliphatic heterocycles. The number of nitrogens with zero attached hydrogens (tertiary/aromatic N) is 2. The highest BCUT2D eigenvalue weighted by atomic mass is 35.5. The molecular weight excluding hydrogens is 575 g/mol. The van der Waals surface area contributed by atoms with Crippen LogP contribution in [-0.4, -0.2) is 34.7 Å². The Morgan fingerprint density at radius 3 is 2.12 bits per heavy atom. The van der Waals surface area contributed by atoms with E-state index >= 15 is 0 Å². The Morgan fingerprint density at radius 2 is 1.45 bits per heavy atom. The lowest BCUT2D eigenvalue weighted by Crippen LogP contribution is -2.29. The Kier molecular flexibility index (Phi) is 7.06. The summed E-state index contributed by atoms with van der Waals surface area (Å²) in [7, 11) is 0. The van der Waals surface area contributed by atoms with Gasteiger partial charge in [-0.1, -0.05) is 59.6 Å². The lowest BCUT2D eigenvalue weighted by Gasteiger charge is -2.16. The molecule has 0 fully saturated rings. The molecule has 4 aromatic carbocycles. The van der Waals surface area contributed by atoms with Gasteiger partial charge >= 0.3 is 5.97 Å². The SMILES string of the molecule is CC(OC(=O)c1cc(-c2ccc(N3C(=O)c4ccccc4C3=O)cc2)nc2ccc(Cl)cc12)C(=O)c1cccc(Cl)c1. The maximum absolute atomic E-state index is 13.4. The minimum Gasteiger partial charge on any atom is -0.451 e. The number of pyridine rings is 1. The second-order valence-electron chi connectivity index (χ2n) is 9.68. The quantitative estimate of drug-likeness (QED) is 0.115. The molecule has 0 saturated heterocycles. The predicted octanol–water partition coefficient (Wildman–Crippen LogP) is 7.44. The molecule has 6 rings (SSSR count). The summed E-state index contributed by atoms with van der Waals surface area (Å²) in [6.45, 7) is 1.50. The van der Waals surface area contributed by atoms with Gasteiger partial charge in [-0.15, -0.1) is 0 Å². The highest BCUT2D eigenvalue weighted by Crippen LogP contribution is 2.32. The van der Waals surface area contributed by atoms with E-state index in [1.807, 2.05) is 0 Å². The van der Waals surface area contributed by atoms with Crippen LogP contribution in [-0.2, 0) is 4.74 Å². The van der Waals surface area contributed by atoms with Gasteiger partial charge in [-0.3, -0.25) is 14.4 Å². The van der Waals surface area contributed by atoms with Gasteiger partial charge in [0.1, 0.15) is 0 Å². The van der Waals surface area contributed by atoms with Crippen molar-refractivity contribution >= 4 is 63.4 Å². The van der Waals surface area contributed by atoms with Crippen LogP contribution in [0.1, 0.15) is 48.4 Å². The average molecular weight is 595 g/mol. The summed E-state index contributed by atoms with van der Waals surface area (Å²) >= 11 is 12.3. The lowest BCUT2D eigenvalue weighted by atomic mass is 10.0. The highest BCUT2D eigenvalue weighted by Gasteiger charge is 2.36. The van der Waals surface area contributed by atoms with Gasteiger partial charge in [0.15, 0.2) is 6.10 Å². The topological polar surface area (TPSA) is 93.6 Å². The zero-order valence-corrected chi connectivity index (χ0v) is 23.5. The summed E-state index contributed by atoms with van der Waals surface area (Å²) in [5.74, 6) is -1.91. The third-order valence-electron chi connectivity index (χ3n) is 6.97. The number of aromatic nitrogens is 1. The van der Waals surface area contributed by atoms with E-state index in [0.29, 0.717) is 54.6 Å². The molecule has 42 heavy (non-hydrogen) atoms. The van der Waals surface area contributed by atoms with Gasteiger partial charge in [-0.05, 0) is 67.6 Å². The van der Waals surface area contributed by atoms with Crippen LogP contribution in [0.2, 0.25) is 10.0 Å². The van der Waals surface area contributed by atoms with Gasteiger partial charge in [0.2, 0.25) is 5.78 Å². The van der Waals surface area contributed by atoms with Crippen LogP contribution in [0.4, 0.5) is 5.69 Å². The van der Waals surface area contributed by atoms with E-state index in [0.717, 1.165) is 4.90 Å². The zero-order chi connectivity index (χ0) is 29.5. The van der Waals surface area contributed by atoms with E-state index in [9.17, 15) is 19.2 Å². The number of imide groups is 1. The fourth-order valence-corrected chi connectivity index (χ4v) is 5.24. The summed E-state index contributed by atoms with van der Waals surface area (Å²) in [4.78, 5) is 58.0. The summed E-state index contributed by atoms with van der Waals surface area (Å²) in [6, 6.07) is 26.3. The molecule has 9 heteroatoms. The maximum Gasteiger partial charge on any atom is 0.339 e. The van der Waals surface area contributed by atoms with Crippen LogP contribution in [0.3, 0.4) is 0 Å². The van der Waals surface area contributed by atoms with Gasteiger partial charge in [-0.25, -0.2) is 14.7 Å². The summed E-state index contributed by atoms with van der Waals surface area (Å²) in [5.41, 5.74) is 3.17. The maximum atomic E-state index is 13.4. The molecule has 5 aromatic rings. The third-order valence-corrected chi connectivity index (χ3v) is 7.44. The number of carbonyl (C=O) groups excluding carboxylic acids is 4. The summed E-state index contributed by atoms with van der Waals surface area (Å²) in [5, 5.41) is 1.26. The molecule has 1 unspecified atom stereocenters. The number of anilines is 1. The summed E-state index contributed by atoms with van der Waals surface area (Å²) < 4.78 is 5.59. The van der Waals surface area contributed by atoms with Gasteiger partial charge in [0.25, 0.3) is 11.8 Å². The first kappa shape index (κ1) is 27.3. The van der Waals surface area contributed by atoms with Crippen molar-refractivity contribution in [2.45, 2.75) is 13.0 Å². The van der Waals surface area contributed by atoms with E-state index in [1.165, 1.54) is 13.0 Å². The number of benzene rings is 4. The van der Waals surface area contributed by atoms with Crippen molar-refractivity contribution in [3.8, 4) is 11.3 Å². The molecule has 0 spiro atoms. The lowest BCUT2D eigenvalue weighted by molar-refractivity contribution is 0.0320. The molecule has 1 aromatic heterocycles. The molecule has 2 amide bonds. The number of rotatable bonds is 6. The molecule has 0 radical (unpaired) electrons. The van der Waals surface area contributed by atoms with Crippen LogP contribution in [0, 0.1) is 0 Å². The molecule has 0 N–H and O–H groups in total. The van der Waals surface area contributed by atoms with Gasteiger partial charge in [-0.2, -0.15) is 0 Å². The summed E-state index contributed by atoms with van der Waals surface area (Å²) in [6.07, 6.45) is -1.08. The molecule has 7 nitrogen and oxygen atoms in total. The number of Topliss-reactive ketones (excluding diaryl/α,β-unsaturated/α-hetero) is 1. The van der Waals surface area contributed by atoms with E-state index in [4.69, 9.17) is 32.9 Å². The number of hydrogen-bond donors (Lipinski definition) is 0. The molecule has 1 aliphatic rings. The number of halogens is 2. The van der Waals surface area contributed by atoms with Crippen molar-refractivity contribution in [2.24, 2.45) is 0 Å². The number of esters is 1. The normalized spacial score (nSPS) is 13.3. The molecule has 2 heterocycles. The van der Waals surface area contributed by atoms with Crippen molar-refractivity contribution in [1.29, 1.82) is 0 Å². The van der Waals surface area contributed by atoms with Crippen LogP contribution in [0.15, 0.2) is 97.1 Å². The second-order valence-corrected chi connectivity index (χ2v) is 10.5. The first-order chi connectivity index (χ1) is 20.2. The molecule has 0 aliphatic carbocycles. The minimum atomic E-state index is -1.08. The smallest absolute Gasteiger partial charge is 0.339 e. The Morgan fingerprint density at radius 1 is 0.786 bits per heavy atom. The standard InChI is InChI=1S/C33H20Cl2N2O5/c1-18(30(38)20-5-4-6-21(34)15-20)42-33(41)27-17-29(36-28-14-11-22(35)16-26(27)28)19-9-12-23(13-10-19)37-31(39)24-7-2-3-8-25(24)32(37)40/h2-18H,1H3. The fourth-order valence-electron chi connectivity index (χ4n) is 4.87. The molecule has 206 valence electrons. The molecular formula is C33H20Cl2N2O5. The third kappa shape index (κ3) is 4.93. The Balaban J connectivity index is 1.32. The molecule has 1 atom stereocenters. The van der Waals surface area contributed by atoms with Crippen molar-refractivity contribution in [3.63, 3.8) is 0 Å². The van der Waals surface area contributed by atoms with Crippen molar-refractivity contribution in [3.05, 3.63) is 129 Å². The van der Waals surface area contributed by atoms with Gasteiger partial charge < -0.3 is 4.74 Å². The van der Waals surface area contributed by atoms with Crippen molar-refractivity contribution < 1.29 is 23.9 Å². The number of ether oxygens (including phenoxy) is 1. The van der Waals surface area contributed by atoms with E-state index in [1.54, 1.807) is 91.0 Å². The fraction of sp³-hybridized carbons (Fsp3) is 0.0606. The van der Waals surface area contributed by atoms with Crippen LogP contribution in [0.25, 0.3) is 22.2 Å². The Hall–Kier alpha value is -4.85.